The zero-order chi connectivity index (χ0) is 22.2. The van der Waals surface area contributed by atoms with Gasteiger partial charge in [0, 0.05) is 6.07 Å². The van der Waals surface area contributed by atoms with Gasteiger partial charge in [-0.2, -0.15) is 13.5 Å². The fourth-order valence-corrected chi connectivity index (χ4v) is 3.26. The zero-order valence-electron chi connectivity index (χ0n) is 15.7. The van der Waals surface area contributed by atoms with Gasteiger partial charge in [-0.05, 0) is 32.0 Å². The van der Waals surface area contributed by atoms with Crippen LogP contribution in [0.1, 0.15) is 12.5 Å². The number of benzene rings is 2. The quantitative estimate of drug-likeness (QED) is 0.235. The van der Waals surface area contributed by atoms with Crippen molar-refractivity contribution in [1.82, 2.24) is 5.43 Å². The number of hydrogen-bond donors (Lipinski definition) is 4. The third-order valence-electron chi connectivity index (χ3n) is 4.30. The highest BCUT2D eigenvalue weighted by Gasteiger charge is 2.35. The number of hydrogen-bond acceptors (Lipinski definition) is 9. The lowest BCUT2D eigenvalue weighted by molar-refractivity contribution is -0.386. The van der Waals surface area contributed by atoms with Crippen LogP contribution >= 0.6 is 0 Å². The summed E-state index contributed by atoms with van der Waals surface area (Å²) < 4.78 is 31.9. The number of nitrogens with zero attached hydrogens (tertiary/aromatic N) is 3. The van der Waals surface area contributed by atoms with Gasteiger partial charge < -0.3 is 5.11 Å². The van der Waals surface area contributed by atoms with Gasteiger partial charge in [0.2, 0.25) is 5.75 Å². The molecule has 1 aliphatic heterocycles. The maximum atomic E-state index is 12.7. The summed E-state index contributed by atoms with van der Waals surface area (Å²) in [5.74, 6) is -1.42. The van der Waals surface area contributed by atoms with Crippen molar-refractivity contribution in [3.63, 3.8) is 0 Å². The number of carbonyl (C=O) groups excluding carboxylic acids is 1. The number of aromatic hydroxyl groups is 1. The molecule has 1 fully saturated rings. The molecular weight excluding hydrogens is 418 g/mol. The lowest BCUT2D eigenvalue weighted by Crippen LogP contribution is -2.36. The molecule has 0 aromatic heterocycles. The van der Waals surface area contributed by atoms with Gasteiger partial charge in [-0.25, -0.2) is 10.4 Å². The Morgan fingerprint density at radius 2 is 1.90 bits per heavy atom. The standard InChI is InChI=1S/C17H17N5O7S/c1-9-3-5-11(6-4-9)21-17(24)15(10(2)20-21)19-18-13-7-12(30(27,28)29)8-14(16(13)23)22(25)26/h3-8,10,18,20,23H,1-2H3,(H,27,28,29)/b19-15+. The van der Waals surface area contributed by atoms with Gasteiger partial charge in [-0.1, -0.05) is 17.7 Å². The fraction of sp³-hybridized carbons (Fsp3) is 0.176. The van der Waals surface area contributed by atoms with E-state index in [1.807, 2.05) is 19.1 Å². The van der Waals surface area contributed by atoms with Crippen LogP contribution in [-0.2, 0) is 14.9 Å². The average molecular weight is 435 g/mol. The normalized spacial score (nSPS) is 18.1. The molecule has 12 nitrogen and oxygen atoms in total. The number of nitrogens with one attached hydrogen (secondary N) is 2. The smallest absolute Gasteiger partial charge is 0.314 e. The van der Waals surface area contributed by atoms with Crippen LogP contribution in [0.25, 0.3) is 0 Å². The molecule has 1 amide bonds. The Balaban J connectivity index is 1.95. The van der Waals surface area contributed by atoms with Gasteiger partial charge in [0.1, 0.15) is 16.3 Å². The summed E-state index contributed by atoms with van der Waals surface area (Å²) in [4.78, 5) is 21.9. The van der Waals surface area contributed by atoms with Crippen LogP contribution in [0.4, 0.5) is 17.1 Å². The van der Waals surface area contributed by atoms with Crippen LogP contribution in [-0.4, -0.2) is 40.7 Å². The Kier molecular flexibility index (Phi) is 5.43. The molecule has 1 saturated heterocycles. The highest BCUT2D eigenvalue weighted by Crippen LogP contribution is 2.36. The number of rotatable bonds is 5. The van der Waals surface area contributed by atoms with Gasteiger partial charge in [-0.3, -0.25) is 24.9 Å². The monoisotopic (exact) mass is 435 g/mol. The number of aryl methyl sites for hydroxylation is 1. The highest BCUT2D eigenvalue weighted by molar-refractivity contribution is 7.85. The van der Waals surface area contributed by atoms with E-state index in [4.69, 9.17) is 0 Å². The van der Waals surface area contributed by atoms with E-state index < -0.39 is 49.0 Å². The lowest BCUT2D eigenvalue weighted by atomic mass is 10.2. The second-order valence-electron chi connectivity index (χ2n) is 6.51. The van der Waals surface area contributed by atoms with E-state index >= 15 is 0 Å². The second kappa shape index (κ2) is 7.70. The van der Waals surface area contributed by atoms with Crippen molar-refractivity contribution in [2.75, 3.05) is 10.4 Å². The Hall–Kier alpha value is -3.55. The van der Waals surface area contributed by atoms with E-state index in [-0.39, 0.29) is 5.71 Å². The third-order valence-corrected chi connectivity index (χ3v) is 5.13. The fourth-order valence-electron chi connectivity index (χ4n) is 2.73. The molecule has 0 radical (unpaired) electrons. The van der Waals surface area contributed by atoms with Gasteiger partial charge in [0.25, 0.3) is 16.0 Å². The molecule has 0 spiro atoms. The van der Waals surface area contributed by atoms with E-state index in [0.29, 0.717) is 11.8 Å². The molecule has 1 heterocycles. The SMILES string of the molecule is Cc1ccc(N2NC(C)/C(=N\Nc3cc(S(=O)(=O)O)cc([N+](=O)[O-])c3O)C2=O)cc1. The summed E-state index contributed by atoms with van der Waals surface area (Å²) in [7, 11) is -4.80. The molecule has 2 aromatic rings. The van der Waals surface area contributed by atoms with Crippen LogP contribution in [0.5, 0.6) is 5.75 Å². The van der Waals surface area contributed by atoms with E-state index in [2.05, 4.69) is 16.0 Å². The van der Waals surface area contributed by atoms with E-state index in [1.54, 1.807) is 19.1 Å². The Morgan fingerprint density at radius 3 is 2.47 bits per heavy atom. The number of hydrazone groups is 1. The number of nitro benzene ring substituents is 1. The molecule has 0 bridgehead atoms. The van der Waals surface area contributed by atoms with E-state index in [0.717, 1.165) is 11.6 Å². The topological polar surface area (TPSA) is 174 Å². The van der Waals surface area contributed by atoms with Crippen LogP contribution in [0.2, 0.25) is 0 Å². The van der Waals surface area contributed by atoms with Crippen molar-refractivity contribution in [3.05, 3.63) is 52.1 Å². The molecule has 30 heavy (non-hydrogen) atoms. The zero-order valence-corrected chi connectivity index (χ0v) is 16.5. The summed E-state index contributed by atoms with van der Waals surface area (Å²) in [5, 5.41) is 26.3. The maximum absolute atomic E-state index is 12.7. The van der Waals surface area contributed by atoms with Crippen LogP contribution in [0.15, 0.2) is 46.4 Å². The number of hydrazine groups is 1. The summed E-state index contributed by atoms with van der Waals surface area (Å²) in [6, 6.07) is 7.81. The molecule has 13 heteroatoms. The number of phenols is 1. The van der Waals surface area contributed by atoms with Crippen molar-refractivity contribution in [3.8, 4) is 5.75 Å². The Labute approximate surface area is 170 Å². The predicted octanol–water partition coefficient (Wildman–Crippen LogP) is 1.56. The van der Waals surface area contributed by atoms with Gasteiger partial charge in [-0.15, -0.1) is 0 Å². The molecule has 2 aromatic carbocycles. The first-order valence-electron chi connectivity index (χ1n) is 8.49. The Morgan fingerprint density at radius 1 is 1.27 bits per heavy atom. The average Bonchev–Trinajstić information content (AvgIpc) is 2.94. The first-order valence-corrected chi connectivity index (χ1v) is 9.93. The molecular formula is C17H17N5O7S. The van der Waals surface area contributed by atoms with Crippen molar-refractivity contribution >= 4 is 38.8 Å². The van der Waals surface area contributed by atoms with Crippen molar-refractivity contribution in [2.24, 2.45) is 5.10 Å². The summed E-state index contributed by atoms with van der Waals surface area (Å²) in [6.45, 7) is 3.54. The number of nitro groups is 1. The van der Waals surface area contributed by atoms with E-state index in [1.165, 1.54) is 5.01 Å². The molecule has 1 unspecified atom stereocenters. The van der Waals surface area contributed by atoms with Gasteiger partial charge in [0.05, 0.1) is 16.7 Å². The maximum Gasteiger partial charge on any atom is 0.314 e. The van der Waals surface area contributed by atoms with Crippen molar-refractivity contribution in [1.29, 1.82) is 0 Å². The molecule has 4 N–H and O–H groups in total. The number of amides is 1. The Bertz CT molecular complexity index is 1160. The summed E-state index contributed by atoms with van der Waals surface area (Å²) >= 11 is 0. The summed E-state index contributed by atoms with van der Waals surface area (Å²) in [5.41, 5.74) is 5.30. The molecule has 1 aliphatic rings. The molecule has 3 rings (SSSR count). The first-order chi connectivity index (χ1) is 14.0. The third kappa shape index (κ3) is 4.07. The molecule has 158 valence electrons. The minimum atomic E-state index is -4.80. The minimum absolute atomic E-state index is 0.0186. The van der Waals surface area contributed by atoms with E-state index in [9.17, 15) is 33.0 Å². The lowest BCUT2D eigenvalue weighted by Gasteiger charge is -2.15. The first kappa shape index (κ1) is 21.2. The molecule has 0 aliphatic carbocycles. The highest BCUT2D eigenvalue weighted by atomic mass is 32.2. The summed E-state index contributed by atoms with van der Waals surface area (Å²) in [6.07, 6.45) is 0. The van der Waals surface area contributed by atoms with Crippen molar-refractivity contribution < 1.29 is 27.8 Å². The number of phenolic OH excluding ortho intramolecular Hbond substituents is 1. The largest absolute Gasteiger partial charge is 0.501 e. The van der Waals surface area contributed by atoms with Gasteiger partial charge in [0.15, 0.2) is 0 Å². The van der Waals surface area contributed by atoms with Gasteiger partial charge >= 0.3 is 5.69 Å². The predicted molar refractivity (Wildman–Crippen MR) is 107 cm³/mol. The van der Waals surface area contributed by atoms with Crippen LogP contribution < -0.4 is 15.9 Å². The molecule has 0 saturated carbocycles. The molecule has 1 atom stereocenters. The van der Waals surface area contributed by atoms with Crippen LogP contribution in [0.3, 0.4) is 0 Å². The van der Waals surface area contributed by atoms with Crippen LogP contribution in [0, 0.1) is 17.0 Å². The minimum Gasteiger partial charge on any atom is -0.501 e. The number of carbonyl (C=O) groups is 1. The number of anilines is 2. The van der Waals surface area contributed by atoms with Crippen molar-refractivity contribution in [2.45, 2.75) is 24.8 Å². The second-order valence-corrected chi connectivity index (χ2v) is 7.93.